The van der Waals surface area contributed by atoms with Crippen LogP contribution in [0.15, 0.2) is 47.6 Å². The van der Waals surface area contributed by atoms with Gasteiger partial charge < -0.3 is 10.5 Å². The first kappa shape index (κ1) is 12.6. The Morgan fingerprint density at radius 3 is 2.50 bits per heavy atom. The van der Waals surface area contributed by atoms with Gasteiger partial charge in [-0.05, 0) is 35.9 Å². The van der Waals surface area contributed by atoms with Crippen molar-refractivity contribution in [1.29, 1.82) is 0 Å². The molecule has 2 N–H and O–H groups in total. The number of phenolic OH excluding ortho intramolecular Hbond substituents is 1. The van der Waals surface area contributed by atoms with Gasteiger partial charge in [0.05, 0.1) is 11.8 Å². The minimum absolute atomic E-state index is 0.00768. The number of benzene rings is 2. The van der Waals surface area contributed by atoms with Crippen LogP contribution in [0.1, 0.15) is 23.6 Å². The van der Waals surface area contributed by atoms with Gasteiger partial charge in [0.15, 0.2) is 0 Å². The number of hydrazone groups is 1. The summed E-state index contributed by atoms with van der Waals surface area (Å²) in [6, 6.07) is 9.77. The Kier molecular flexibility index (Phi) is 3.10. The molecule has 2 aromatic rings. The molecule has 1 atom stereocenters. The molecule has 1 aliphatic rings. The van der Waals surface area contributed by atoms with Gasteiger partial charge in [-0.25, -0.2) is 8.78 Å². The zero-order chi connectivity index (χ0) is 14.1. The number of halogens is 2. The second-order valence-electron chi connectivity index (χ2n) is 4.66. The fourth-order valence-corrected chi connectivity index (χ4v) is 2.24. The first-order chi connectivity index (χ1) is 9.63. The molecule has 1 aliphatic heterocycles. The lowest BCUT2D eigenvalue weighted by Gasteiger charge is -2.10. The fraction of sp³-hybridized carbons (Fsp3) is 0.133. The maximum Gasteiger partial charge on any atom is 0.124 e. The van der Waals surface area contributed by atoms with E-state index in [1.807, 2.05) is 0 Å². The van der Waals surface area contributed by atoms with E-state index in [-0.39, 0.29) is 17.6 Å². The van der Waals surface area contributed by atoms with Crippen LogP contribution in [0.3, 0.4) is 0 Å². The second kappa shape index (κ2) is 4.92. The molecule has 0 aromatic heterocycles. The van der Waals surface area contributed by atoms with Crippen molar-refractivity contribution in [3.8, 4) is 5.75 Å². The maximum atomic E-state index is 13.2. The van der Waals surface area contributed by atoms with Crippen LogP contribution in [-0.4, -0.2) is 10.8 Å². The van der Waals surface area contributed by atoms with Crippen LogP contribution >= 0.6 is 0 Å². The van der Waals surface area contributed by atoms with E-state index in [1.165, 1.54) is 30.3 Å². The standard InChI is InChI=1S/C15H12F2N2O/c16-10-3-1-9(2-4-10)13-8-14(19-18-13)12-7-11(17)5-6-15(12)20/h1-7,13,18,20H,8H2. The van der Waals surface area contributed by atoms with Crippen molar-refractivity contribution in [3.05, 3.63) is 65.2 Å². The molecular formula is C15H12F2N2O. The third kappa shape index (κ3) is 2.34. The molecule has 1 heterocycles. The highest BCUT2D eigenvalue weighted by Crippen LogP contribution is 2.28. The van der Waals surface area contributed by atoms with E-state index in [0.29, 0.717) is 17.7 Å². The topological polar surface area (TPSA) is 44.6 Å². The minimum Gasteiger partial charge on any atom is -0.507 e. The van der Waals surface area contributed by atoms with Crippen molar-refractivity contribution in [3.63, 3.8) is 0 Å². The molecule has 0 amide bonds. The summed E-state index contributed by atoms with van der Waals surface area (Å²) in [7, 11) is 0. The summed E-state index contributed by atoms with van der Waals surface area (Å²) in [5.41, 5.74) is 4.77. The number of aromatic hydroxyl groups is 1. The van der Waals surface area contributed by atoms with Crippen LogP contribution in [0.4, 0.5) is 8.78 Å². The molecule has 0 saturated carbocycles. The third-order valence-corrected chi connectivity index (χ3v) is 3.29. The number of nitrogens with zero attached hydrogens (tertiary/aromatic N) is 1. The van der Waals surface area contributed by atoms with E-state index >= 15 is 0 Å². The van der Waals surface area contributed by atoms with Crippen LogP contribution in [0.25, 0.3) is 0 Å². The lowest BCUT2D eigenvalue weighted by Crippen LogP contribution is -2.09. The van der Waals surface area contributed by atoms with Gasteiger partial charge in [-0.15, -0.1) is 0 Å². The molecule has 0 aliphatic carbocycles. The van der Waals surface area contributed by atoms with Crippen LogP contribution in [0, 0.1) is 11.6 Å². The molecule has 5 heteroatoms. The van der Waals surface area contributed by atoms with E-state index in [9.17, 15) is 13.9 Å². The highest BCUT2D eigenvalue weighted by atomic mass is 19.1. The van der Waals surface area contributed by atoms with Crippen LogP contribution in [0.2, 0.25) is 0 Å². The highest BCUT2D eigenvalue weighted by Gasteiger charge is 2.23. The summed E-state index contributed by atoms with van der Waals surface area (Å²) in [6.07, 6.45) is 0.503. The summed E-state index contributed by atoms with van der Waals surface area (Å²) in [5.74, 6) is -0.729. The SMILES string of the molecule is Oc1ccc(F)cc1C1=NNC(c2ccc(F)cc2)C1. The summed E-state index contributed by atoms with van der Waals surface area (Å²) < 4.78 is 26.1. The van der Waals surface area contributed by atoms with Crippen molar-refractivity contribution >= 4 is 5.71 Å². The van der Waals surface area contributed by atoms with Crippen molar-refractivity contribution in [2.75, 3.05) is 0 Å². The van der Waals surface area contributed by atoms with Gasteiger partial charge in [0.25, 0.3) is 0 Å². The van der Waals surface area contributed by atoms with E-state index in [4.69, 9.17) is 0 Å². The molecule has 102 valence electrons. The first-order valence-corrected chi connectivity index (χ1v) is 6.20. The zero-order valence-corrected chi connectivity index (χ0v) is 10.5. The average Bonchev–Trinajstić information content (AvgIpc) is 2.92. The lowest BCUT2D eigenvalue weighted by atomic mass is 9.98. The minimum atomic E-state index is -0.425. The molecule has 20 heavy (non-hydrogen) atoms. The van der Waals surface area contributed by atoms with Crippen molar-refractivity contribution < 1.29 is 13.9 Å². The molecule has 0 saturated heterocycles. The first-order valence-electron chi connectivity index (χ1n) is 6.20. The van der Waals surface area contributed by atoms with Crippen molar-refractivity contribution in [2.45, 2.75) is 12.5 Å². The quantitative estimate of drug-likeness (QED) is 0.883. The van der Waals surface area contributed by atoms with Gasteiger partial charge >= 0.3 is 0 Å². The van der Waals surface area contributed by atoms with E-state index < -0.39 is 5.82 Å². The van der Waals surface area contributed by atoms with Crippen LogP contribution in [-0.2, 0) is 0 Å². The number of phenols is 1. The Morgan fingerprint density at radius 2 is 1.75 bits per heavy atom. The second-order valence-corrected chi connectivity index (χ2v) is 4.66. The Balaban J connectivity index is 1.82. The Hall–Kier alpha value is -2.43. The van der Waals surface area contributed by atoms with Crippen LogP contribution in [0.5, 0.6) is 5.75 Å². The average molecular weight is 274 g/mol. The monoisotopic (exact) mass is 274 g/mol. The Bertz CT molecular complexity index is 668. The van der Waals surface area contributed by atoms with Gasteiger partial charge in [-0.2, -0.15) is 5.10 Å². The lowest BCUT2D eigenvalue weighted by molar-refractivity contribution is 0.471. The van der Waals surface area contributed by atoms with Crippen molar-refractivity contribution in [2.24, 2.45) is 5.10 Å². The number of hydrogen-bond acceptors (Lipinski definition) is 3. The van der Waals surface area contributed by atoms with E-state index in [1.54, 1.807) is 12.1 Å². The van der Waals surface area contributed by atoms with Crippen molar-refractivity contribution in [1.82, 2.24) is 5.43 Å². The molecule has 0 bridgehead atoms. The van der Waals surface area contributed by atoms with Gasteiger partial charge in [0.2, 0.25) is 0 Å². The molecular weight excluding hydrogens is 262 g/mol. The predicted molar refractivity (Wildman–Crippen MR) is 71.5 cm³/mol. The van der Waals surface area contributed by atoms with Gasteiger partial charge in [0.1, 0.15) is 17.4 Å². The van der Waals surface area contributed by atoms with Gasteiger partial charge in [-0.1, -0.05) is 12.1 Å². The van der Waals surface area contributed by atoms with Gasteiger partial charge in [0, 0.05) is 12.0 Å². The molecule has 2 aromatic carbocycles. The van der Waals surface area contributed by atoms with Gasteiger partial charge in [-0.3, -0.25) is 0 Å². The summed E-state index contributed by atoms with van der Waals surface area (Å²) in [5, 5.41) is 13.9. The molecule has 0 spiro atoms. The van der Waals surface area contributed by atoms with Crippen LogP contribution < -0.4 is 5.43 Å². The van der Waals surface area contributed by atoms with E-state index in [0.717, 1.165) is 5.56 Å². The number of hydrogen-bond donors (Lipinski definition) is 2. The number of rotatable bonds is 2. The normalized spacial score (nSPS) is 17.7. The molecule has 0 radical (unpaired) electrons. The summed E-state index contributed by atoms with van der Waals surface area (Å²) >= 11 is 0. The maximum absolute atomic E-state index is 13.2. The molecule has 3 nitrogen and oxygen atoms in total. The fourth-order valence-electron chi connectivity index (χ4n) is 2.24. The third-order valence-electron chi connectivity index (χ3n) is 3.29. The smallest absolute Gasteiger partial charge is 0.124 e. The Labute approximate surface area is 114 Å². The summed E-state index contributed by atoms with van der Waals surface area (Å²) in [4.78, 5) is 0. The highest BCUT2D eigenvalue weighted by molar-refractivity contribution is 6.03. The molecule has 1 unspecified atom stereocenters. The summed E-state index contributed by atoms with van der Waals surface area (Å²) in [6.45, 7) is 0. The zero-order valence-electron chi connectivity index (χ0n) is 10.5. The molecule has 3 rings (SSSR count). The largest absolute Gasteiger partial charge is 0.507 e. The van der Waals surface area contributed by atoms with E-state index in [2.05, 4.69) is 10.5 Å². The molecule has 0 fully saturated rings. The number of nitrogens with one attached hydrogen (secondary N) is 1. The predicted octanol–water partition coefficient (Wildman–Crippen LogP) is 3.11. The Morgan fingerprint density at radius 1 is 1.05 bits per heavy atom.